The summed E-state index contributed by atoms with van der Waals surface area (Å²) in [5.41, 5.74) is -3.31. The highest BCUT2D eigenvalue weighted by Gasteiger charge is 2.34. The zero-order chi connectivity index (χ0) is 21.7. The smallest absolute Gasteiger partial charge is 0.421 e. The van der Waals surface area contributed by atoms with Crippen LogP contribution in [0.1, 0.15) is 40.2 Å². The van der Waals surface area contributed by atoms with Gasteiger partial charge in [-0.25, -0.2) is 4.79 Å². The van der Waals surface area contributed by atoms with E-state index in [4.69, 9.17) is 4.74 Å². The molecule has 2 N–H and O–H groups in total. The highest BCUT2D eigenvalue weighted by molar-refractivity contribution is 5.76. The Morgan fingerprint density at radius 3 is 2.32 bits per heavy atom. The average Bonchev–Trinajstić information content (AvgIpc) is 2.50. The van der Waals surface area contributed by atoms with Gasteiger partial charge in [-0.1, -0.05) is 13.8 Å². The summed E-state index contributed by atoms with van der Waals surface area (Å²) in [6.07, 6.45) is -4.33. The van der Waals surface area contributed by atoms with Gasteiger partial charge in [0.05, 0.1) is 6.04 Å². The lowest BCUT2D eigenvalue weighted by Crippen LogP contribution is -2.48. The number of amides is 2. The fourth-order valence-corrected chi connectivity index (χ4v) is 2.22. The van der Waals surface area contributed by atoms with Crippen molar-refractivity contribution in [3.8, 4) is 0 Å². The monoisotopic (exact) mass is 405 g/mol. The number of hydrogen-bond acceptors (Lipinski definition) is 4. The molecule has 1 aromatic heterocycles. The summed E-state index contributed by atoms with van der Waals surface area (Å²) < 4.78 is 44.2. The summed E-state index contributed by atoms with van der Waals surface area (Å²) in [5, 5.41) is 5.16. The predicted octanol–water partition coefficient (Wildman–Crippen LogP) is 2.53. The van der Waals surface area contributed by atoms with Crippen molar-refractivity contribution in [2.45, 2.75) is 59.0 Å². The molecule has 0 bridgehead atoms. The second-order valence-electron chi connectivity index (χ2n) is 7.65. The predicted molar refractivity (Wildman–Crippen MR) is 96.7 cm³/mol. The molecule has 10 heteroatoms. The summed E-state index contributed by atoms with van der Waals surface area (Å²) in [6, 6.07) is 1.26. The van der Waals surface area contributed by atoms with Gasteiger partial charge in [0.2, 0.25) is 5.91 Å². The number of alkyl halides is 3. The maximum Gasteiger partial charge on any atom is 0.421 e. The second-order valence-corrected chi connectivity index (χ2v) is 7.65. The molecule has 0 radical (unpaired) electrons. The number of nitrogens with one attached hydrogen (secondary N) is 2. The SMILES string of the molecule is CC(C)C(CNC(=O)Cn1cccc(C(F)(F)F)c1=O)NC(=O)OC(C)(C)C. The quantitative estimate of drug-likeness (QED) is 0.761. The molecule has 0 aromatic carbocycles. The molecule has 0 aliphatic rings. The minimum absolute atomic E-state index is 0.0312. The molecule has 1 rings (SSSR count). The molecule has 0 fully saturated rings. The van der Waals surface area contributed by atoms with E-state index < -0.39 is 47.5 Å². The lowest BCUT2D eigenvalue weighted by atomic mass is 10.0. The van der Waals surface area contributed by atoms with E-state index in [-0.39, 0.29) is 12.5 Å². The zero-order valence-corrected chi connectivity index (χ0v) is 16.5. The van der Waals surface area contributed by atoms with Crippen molar-refractivity contribution in [3.05, 3.63) is 34.2 Å². The third-order valence-electron chi connectivity index (χ3n) is 3.67. The topological polar surface area (TPSA) is 89.4 Å². The number of pyridine rings is 1. The first-order chi connectivity index (χ1) is 12.7. The first-order valence-electron chi connectivity index (χ1n) is 8.73. The first kappa shape index (κ1) is 23.5. The van der Waals surface area contributed by atoms with Crippen LogP contribution in [0.4, 0.5) is 18.0 Å². The van der Waals surface area contributed by atoms with Crippen LogP contribution >= 0.6 is 0 Å². The van der Waals surface area contributed by atoms with Gasteiger partial charge in [0.15, 0.2) is 0 Å². The van der Waals surface area contributed by atoms with Crippen LogP contribution in [0.15, 0.2) is 23.1 Å². The summed E-state index contributed by atoms with van der Waals surface area (Å²) in [5.74, 6) is -0.706. The van der Waals surface area contributed by atoms with Crippen molar-refractivity contribution in [3.63, 3.8) is 0 Å². The molecular formula is C18H26F3N3O4. The van der Waals surface area contributed by atoms with Crippen molar-refractivity contribution in [1.29, 1.82) is 0 Å². The van der Waals surface area contributed by atoms with E-state index in [0.717, 1.165) is 12.3 Å². The van der Waals surface area contributed by atoms with Gasteiger partial charge in [-0.05, 0) is 38.8 Å². The average molecular weight is 405 g/mol. The molecule has 0 aliphatic heterocycles. The summed E-state index contributed by atoms with van der Waals surface area (Å²) >= 11 is 0. The van der Waals surface area contributed by atoms with Crippen LogP contribution in [0.3, 0.4) is 0 Å². The number of rotatable bonds is 6. The van der Waals surface area contributed by atoms with E-state index in [9.17, 15) is 27.6 Å². The van der Waals surface area contributed by atoms with Crippen LogP contribution < -0.4 is 16.2 Å². The third kappa shape index (κ3) is 7.61. The van der Waals surface area contributed by atoms with Crippen molar-refractivity contribution in [2.75, 3.05) is 6.54 Å². The first-order valence-corrected chi connectivity index (χ1v) is 8.73. The fraction of sp³-hybridized carbons (Fsp3) is 0.611. The van der Waals surface area contributed by atoms with Crippen molar-refractivity contribution >= 4 is 12.0 Å². The van der Waals surface area contributed by atoms with E-state index in [2.05, 4.69) is 10.6 Å². The Morgan fingerprint density at radius 1 is 1.21 bits per heavy atom. The second kappa shape index (κ2) is 9.11. The number of nitrogens with zero attached hydrogens (tertiary/aromatic N) is 1. The fourth-order valence-electron chi connectivity index (χ4n) is 2.22. The van der Waals surface area contributed by atoms with Crippen LogP contribution in [0.5, 0.6) is 0 Å². The van der Waals surface area contributed by atoms with Crippen LogP contribution in [-0.2, 0) is 22.3 Å². The number of aromatic nitrogens is 1. The standard InChI is InChI=1S/C18H26F3N3O4/c1-11(2)13(23-16(27)28-17(3,4)5)9-22-14(25)10-24-8-6-7-12(15(24)26)18(19,20)21/h6-8,11,13H,9-10H2,1-5H3,(H,22,25)(H,23,27). The maximum absolute atomic E-state index is 12.8. The highest BCUT2D eigenvalue weighted by Crippen LogP contribution is 2.25. The van der Waals surface area contributed by atoms with E-state index in [1.54, 1.807) is 20.8 Å². The zero-order valence-electron chi connectivity index (χ0n) is 16.5. The molecule has 0 saturated heterocycles. The van der Waals surface area contributed by atoms with E-state index in [1.165, 1.54) is 0 Å². The van der Waals surface area contributed by atoms with Gasteiger partial charge in [0, 0.05) is 12.7 Å². The molecule has 1 unspecified atom stereocenters. The molecule has 158 valence electrons. The van der Waals surface area contributed by atoms with Gasteiger partial charge in [-0.2, -0.15) is 13.2 Å². The van der Waals surface area contributed by atoms with Crippen molar-refractivity contribution in [2.24, 2.45) is 5.92 Å². The molecule has 0 saturated carbocycles. The normalized spacial score (nSPS) is 13.2. The number of halogens is 3. The van der Waals surface area contributed by atoms with Crippen LogP contribution in [0, 0.1) is 5.92 Å². The minimum Gasteiger partial charge on any atom is -0.444 e. The van der Waals surface area contributed by atoms with E-state index in [1.807, 2.05) is 13.8 Å². The van der Waals surface area contributed by atoms with E-state index in [0.29, 0.717) is 10.6 Å². The summed E-state index contributed by atoms with van der Waals surface area (Å²) in [7, 11) is 0. The Balaban J connectivity index is 2.72. The molecule has 0 aliphatic carbocycles. The lowest BCUT2D eigenvalue weighted by molar-refractivity contribution is -0.139. The van der Waals surface area contributed by atoms with Gasteiger partial charge in [0.25, 0.3) is 5.56 Å². The maximum atomic E-state index is 12.8. The largest absolute Gasteiger partial charge is 0.444 e. The summed E-state index contributed by atoms with van der Waals surface area (Å²) in [4.78, 5) is 35.8. The van der Waals surface area contributed by atoms with Crippen molar-refractivity contribution in [1.82, 2.24) is 15.2 Å². The number of alkyl carbamates (subject to hydrolysis) is 1. The van der Waals surface area contributed by atoms with Gasteiger partial charge >= 0.3 is 12.3 Å². The van der Waals surface area contributed by atoms with Gasteiger partial charge < -0.3 is 19.9 Å². The molecule has 7 nitrogen and oxygen atoms in total. The van der Waals surface area contributed by atoms with Crippen molar-refractivity contribution < 1.29 is 27.5 Å². The van der Waals surface area contributed by atoms with Gasteiger partial charge in [0.1, 0.15) is 17.7 Å². The lowest BCUT2D eigenvalue weighted by Gasteiger charge is -2.26. The Kier molecular flexibility index (Phi) is 7.66. The molecule has 28 heavy (non-hydrogen) atoms. The Bertz CT molecular complexity index is 752. The molecule has 1 heterocycles. The molecular weight excluding hydrogens is 379 g/mol. The van der Waals surface area contributed by atoms with Crippen LogP contribution in [-0.4, -0.2) is 34.8 Å². The third-order valence-corrected chi connectivity index (χ3v) is 3.67. The molecule has 2 amide bonds. The number of ether oxygens (including phenoxy) is 1. The molecule has 1 atom stereocenters. The molecule has 0 spiro atoms. The number of carbonyl (C=O) groups excluding carboxylic acids is 2. The molecule has 1 aromatic rings. The Morgan fingerprint density at radius 2 is 1.82 bits per heavy atom. The van der Waals surface area contributed by atoms with Crippen LogP contribution in [0.25, 0.3) is 0 Å². The van der Waals surface area contributed by atoms with Gasteiger partial charge in [-0.15, -0.1) is 0 Å². The minimum atomic E-state index is -4.79. The number of hydrogen-bond donors (Lipinski definition) is 2. The van der Waals surface area contributed by atoms with Gasteiger partial charge in [-0.3, -0.25) is 9.59 Å². The summed E-state index contributed by atoms with van der Waals surface area (Å²) in [6.45, 7) is 8.25. The Labute approximate surface area is 161 Å². The Hall–Kier alpha value is -2.52. The van der Waals surface area contributed by atoms with E-state index >= 15 is 0 Å². The van der Waals surface area contributed by atoms with Crippen LogP contribution in [0.2, 0.25) is 0 Å². The highest BCUT2D eigenvalue weighted by atomic mass is 19.4. The number of carbonyl (C=O) groups is 2.